The van der Waals surface area contributed by atoms with Crippen molar-refractivity contribution in [2.24, 2.45) is 0 Å². The molecule has 0 amide bonds. The minimum absolute atomic E-state index is 0.0611. The fourth-order valence-electron chi connectivity index (χ4n) is 0.860. The lowest BCUT2D eigenvalue weighted by molar-refractivity contribution is -0.137. The van der Waals surface area contributed by atoms with Crippen molar-refractivity contribution in [3.8, 4) is 0 Å². The Morgan fingerprint density at radius 3 is 2.25 bits per heavy atom. The lowest BCUT2D eigenvalue weighted by Gasteiger charge is -2.18. The van der Waals surface area contributed by atoms with Gasteiger partial charge in [-0.2, -0.15) is 13.2 Å². The Bertz CT molecular complexity index is 124. The number of likely N-dealkylation sites (N-methyl/N-ethyl adjacent to an activating group) is 1. The summed E-state index contributed by atoms with van der Waals surface area (Å²) in [6.07, 6.45) is -5.51. The summed E-state index contributed by atoms with van der Waals surface area (Å²) < 4.78 is 35.0. The van der Waals surface area contributed by atoms with Gasteiger partial charge in [-0.15, -0.1) is 0 Å². The number of aliphatic hydroxyl groups excluding tert-OH is 1. The minimum atomic E-state index is -4.10. The standard InChI is InChI=1S/C7H14F3NO/c1-6(12)5-11(2)4-3-7(8,9)10/h6,12H,3-5H2,1-2H3/t6-/m1/s1. The van der Waals surface area contributed by atoms with Gasteiger partial charge in [0.2, 0.25) is 0 Å². The number of nitrogens with zero attached hydrogens (tertiary/aromatic N) is 1. The Labute approximate surface area is 70.0 Å². The maximum Gasteiger partial charge on any atom is 0.390 e. The van der Waals surface area contributed by atoms with E-state index in [2.05, 4.69) is 0 Å². The normalized spacial score (nSPS) is 15.2. The predicted molar refractivity (Wildman–Crippen MR) is 39.8 cm³/mol. The van der Waals surface area contributed by atoms with Crippen molar-refractivity contribution in [2.75, 3.05) is 20.1 Å². The van der Waals surface area contributed by atoms with Crippen molar-refractivity contribution in [3.05, 3.63) is 0 Å². The van der Waals surface area contributed by atoms with Gasteiger partial charge < -0.3 is 10.0 Å². The number of alkyl halides is 3. The van der Waals surface area contributed by atoms with Crippen LogP contribution in [0.5, 0.6) is 0 Å². The van der Waals surface area contributed by atoms with E-state index >= 15 is 0 Å². The summed E-state index contributed by atoms with van der Waals surface area (Å²) in [6.45, 7) is 1.76. The number of aliphatic hydroxyl groups is 1. The minimum Gasteiger partial charge on any atom is -0.392 e. The van der Waals surface area contributed by atoms with Crippen LogP contribution in [0.2, 0.25) is 0 Å². The molecule has 74 valence electrons. The van der Waals surface area contributed by atoms with Crippen molar-refractivity contribution >= 4 is 0 Å². The second-order valence-electron chi connectivity index (χ2n) is 2.98. The third-order valence-electron chi connectivity index (χ3n) is 1.35. The first-order valence-electron chi connectivity index (χ1n) is 3.74. The van der Waals surface area contributed by atoms with Gasteiger partial charge in [0.1, 0.15) is 0 Å². The molecule has 0 bridgehead atoms. The van der Waals surface area contributed by atoms with Gasteiger partial charge in [0, 0.05) is 13.1 Å². The molecule has 0 saturated carbocycles. The smallest absolute Gasteiger partial charge is 0.390 e. The lowest BCUT2D eigenvalue weighted by atomic mass is 10.3. The van der Waals surface area contributed by atoms with Crippen LogP contribution in [0.3, 0.4) is 0 Å². The molecule has 0 aromatic carbocycles. The molecular formula is C7H14F3NO. The summed E-state index contributed by atoms with van der Waals surface area (Å²) in [5.41, 5.74) is 0. The first kappa shape index (κ1) is 11.7. The van der Waals surface area contributed by atoms with Crippen molar-refractivity contribution in [1.82, 2.24) is 4.90 Å². The first-order chi connectivity index (χ1) is 5.31. The Morgan fingerprint density at radius 2 is 1.92 bits per heavy atom. The third kappa shape index (κ3) is 7.81. The zero-order chi connectivity index (χ0) is 9.78. The van der Waals surface area contributed by atoms with E-state index in [-0.39, 0.29) is 13.1 Å². The molecule has 0 aromatic heterocycles. The molecule has 0 aliphatic carbocycles. The Balaban J connectivity index is 3.51. The van der Waals surface area contributed by atoms with Crippen LogP contribution in [0.1, 0.15) is 13.3 Å². The Morgan fingerprint density at radius 1 is 1.42 bits per heavy atom. The quantitative estimate of drug-likeness (QED) is 0.712. The summed E-state index contributed by atoms with van der Waals surface area (Å²) >= 11 is 0. The molecule has 1 atom stereocenters. The molecule has 1 N–H and O–H groups in total. The molecule has 0 heterocycles. The SMILES string of the molecule is C[C@@H](O)CN(C)CCC(F)(F)F. The van der Waals surface area contributed by atoms with E-state index in [1.807, 2.05) is 0 Å². The Kier molecular flexibility index (Phi) is 4.55. The van der Waals surface area contributed by atoms with E-state index in [4.69, 9.17) is 5.11 Å². The maximum atomic E-state index is 11.7. The molecule has 0 saturated heterocycles. The highest BCUT2D eigenvalue weighted by atomic mass is 19.4. The molecule has 0 radical (unpaired) electrons. The van der Waals surface area contributed by atoms with Crippen molar-refractivity contribution in [2.45, 2.75) is 25.6 Å². The van der Waals surface area contributed by atoms with E-state index < -0.39 is 18.7 Å². The van der Waals surface area contributed by atoms with Crippen LogP contribution >= 0.6 is 0 Å². The van der Waals surface area contributed by atoms with Gasteiger partial charge in [-0.3, -0.25) is 0 Å². The third-order valence-corrected chi connectivity index (χ3v) is 1.35. The van der Waals surface area contributed by atoms with Crippen molar-refractivity contribution < 1.29 is 18.3 Å². The van der Waals surface area contributed by atoms with Crippen molar-refractivity contribution in [1.29, 1.82) is 0 Å². The van der Waals surface area contributed by atoms with Gasteiger partial charge in [-0.25, -0.2) is 0 Å². The summed E-state index contributed by atoms with van der Waals surface area (Å²) in [7, 11) is 1.55. The lowest BCUT2D eigenvalue weighted by Crippen LogP contribution is -2.30. The van der Waals surface area contributed by atoms with Crippen LogP contribution in [-0.2, 0) is 0 Å². The van der Waals surface area contributed by atoms with E-state index in [9.17, 15) is 13.2 Å². The summed E-state index contributed by atoms with van der Waals surface area (Å²) in [5.74, 6) is 0. The number of halogens is 3. The fourth-order valence-corrected chi connectivity index (χ4v) is 0.860. The highest BCUT2D eigenvalue weighted by molar-refractivity contribution is 4.59. The maximum absolute atomic E-state index is 11.7. The summed E-state index contributed by atoms with van der Waals surface area (Å²) in [6, 6.07) is 0. The van der Waals surface area contributed by atoms with E-state index in [1.54, 1.807) is 14.0 Å². The van der Waals surface area contributed by atoms with Crippen LogP contribution in [-0.4, -0.2) is 42.4 Å². The fraction of sp³-hybridized carbons (Fsp3) is 1.00. The number of rotatable bonds is 4. The van der Waals surface area contributed by atoms with E-state index in [0.29, 0.717) is 0 Å². The van der Waals surface area contributed by atoms with Crippen molar-refractivity contribution in [3.63, 3.8) is 0 Å². The molecule has 12 heavy (non-hydrogen) atoms. The molecule has 5 heteroatoms. The van der Waals surface area contributed by atoms with Gasteiger partial charge in [-0.1, -0.05) is 0 Å². The second-order valence-corrected chi connectivity index (χ2v) is 2.98. The summed E-state index contributed by atoms with van der Waals surface area (Å²) in [5, 5.41) is 8.83. The van der Waals surface area contributed by atoms with Crippen LogP contribution in [0, 0.1) is 0 Å². The van der Waals surface area contributed by atoms with Crippen LogP contribution in [0.25, 0.3) is 0 Å². The molecule has 0 unspecified atom stereocenters. The largest absolute Gasteiger partial charge is 0.392 e. The zero-order valence-corrected chi connectivity index (χ0v) is 7.23. The molecule has 0 aliphatic heterocycles. The van der Waals surface area contributed by atoms with E-state index in [0.717, 1.165) is 0 Å². The van der Waals surface area contributed by atoms with Gasteiger partial charge in [0.25, 0.3) is 0 Å². The highest BCUT2D eigenvalue weighted by Gasteiger charge is 2.27. The molecule has 0 aliphatic rings. The van der Waals surface area contributed by atoms with Gasteiger partial charge in [0.05, 0.1) is 12.5 Å². The van der Waals surface area contributed by atoms with Gasteiger partial charge >= 0.3 is 6.18 Å². The van der Waals surface area contributed by atoms with Gasteiger partial charge in [-0.05, 0) is 14.0 Å². The van der Waals surface area contributed by atoms with Crippen LogP contribution in [0.4, 0.5) is 13.2 Å². The van der Waals surface area contributed by atoms with E-state index in [1.165, 1.54) is 4.90 Å². The Hall–Kier alpha value is -0.290. The topological polar surface area (TPSA) is 23.5 Å². The summed E-state index contributed by atoms with van der Waals surface area (Å²) in [4.78, 5) is 1.46. The molecule has 0 rings (SSSR count). The highest BCUT2D eigenvalue weighted by Crippen LogP contribution is 2.19. The van der Waals surface area contributed by atoms with Gasteiger partial charge in [0.15, 0.2) is 0 Å². The molecule has 0 spiro atoms. The predicted octanol–water partition coefficient (Wildman–Crippen LogP) is 1.25. The zero-order valence-electron chi connectivity index (χ0n) is 7.23. The molecule has 2 nitrogen and oxygen atoms in total. The van der Waals surface area contributed by atoms with Crippen LogP contribution < -0.4 is 0 Å². The number of hydrogen-bond donors (Lipinski definition) is 1. The monoisotopic (exact) mass is 185 g/mol. The molecule has 0 aromatic rings. The molecule has 0 fully saturated rings. The first-order valence-corrected chi connectivity index (χ1v) is 3.74. The number of hydrogen-bond acceptors (Lipinski definition) is 2. The average Bonchev–Trinajstić information content (AvgIpc) is 1.80. The average molecular weight is 185 g/mol. The molecular weight excluding hydrogens is 171 g/mol. The van der Waals surface area contributed by atoms with Crippen LogP contribution in [0.15, 0.2) is 0 Å². The second kappa shape index (κ2) is 4.67.